The molecule has 0 saturated heterocycles. The Morgan fingerprint density at radius 1 is 1.41 bits per heavy atom. The Balaban J connectivity index is 2.38. The normalized spacial score (nSPS) is 33.8. The average molecular weight is 236 g/mol. The van der Waals surface area contributed by atoms with Crippen LogP contribution >= 0.6 is 0 Å². The number of hydrogen-bond donors (Lipinski definition) is 2. The molecule has 0 fully saturated rings. The molecule has 0 heterocycles. The summed E-state index contributed by atoms with van der Waals surface area (Å²) >= 11 is 0. The van der Waals surface area contributed by atoms with E-state index in [-0.39, 0.29) is 12.7 Å². The van der Waals surface area contributed by atoms with Gasteiger partial charge < -0.3 is 10.2 Å². The summed E-state index contributed by atoms with van der Waals surface area (Å²) in [5.74, 6) is 1.78. The summed E-state index contributed by atoms with van der Waals surface area (Å²) in [7, 11) is 0. The molecule has 0 unspecified atom stereocenters. The highest BCUT2D eigenvalue weighted by atomic mass is 16.3. The van der Waals surface area contributed by atoms with Gasteiger partial charge in [-0.2, -0.15) is 0 Å². The third-order valence-electron chi connectivity index (χ3n) is 4.53. The molecule has 0 radical (unpaired) electrons. The Morgan fingerprint density at radius 3 is 2.71 bits per heavy atom. The first kappa shape index (κ1) is 12.8. The SMILES string of the molecule is CC1=C[C@@H]2C(=C(CO)CC[C@H]2C(C)C)C[C@H]1O. The molecule has 2 aliphatic carbocycles. The van der Waals surface area contributed by atoms with Crippen LogP contribution in [0.25, 0.3) is 0 Å². The second-order valence-corrected chi connectivity index (χ2v) is 5.89. The topological polar surface area (TPSA) is 40.5 Å². The van der Waals surface area contributed by atoms with Gasteiger partial charge in [0, 0.05) is 5.92 Å². The minimum Gasteiger partial charge on any atom is -0.392 e. The molecule has 0 aromatic heterocycles. The van der Waals surface area contributed by atoms with E-state index >= 15 is 0 Å². The second-order valence-electron chi connectivity index (χ2n) is 5.89. The zero-order valence-electron chi connectivity index (χ0n) is 11.1. The number of aliphatic hydroxyl groups is 2. The van der Waals surface area contributed by atoms with Crippen LogP contribution in [0, 0.1) is 17.8 Å². The average Bonchev–Trinajstić information content (AvgIpc) is 2.29. The van der Waals surface area contributed by atoms with Crippen LogP contribution in [0.1, 0.15) is 40.0 Å². The smallest absolute Gasteiger partial charge is 0.0785 e. The highest BCUT2D eigenvalue weighted by Crippen LogP contribution is 2.44. The minimum atomic E-state index is -0.339. The maximum Gasteiger partial charge on any atom is 0.0785 e. The van der Waals surface area contributed by atoms with Gasteiger partial charge in [-0.1, -0.05) is 25.5 Å². The van der Waals surface area contributed by atoms with Crippen LogP contribution in [0.15, 0.2) is 22.8 Å². The highest BCUT2D eigenvalue weighted by molar-refractivity contribution is 5.33. The maximum atomic E-state index is 9.97. The van der Waals surface area contributed by atoms with Crippen molar-refractivity contribution in [3.63, 3.8) is 0 Å². The van der Waals surface area contributed by atoms with E-state index in [2.05, 4.69) is 19.9 Å². The van der Waals surface area contributed by atoms with Crippen molar-refractivity contribution in [3.8, 4) is 0 Å². The van der Waals surface area contributed by atoms with Crippen LogP contribution in [0.2, 0.25) is 0 Å². The van der Waals surface area contributed by atoms with E-state index in [0.29, 0.717) is 17.8 Å². The van der Waals surface area contributed by atoms with Gasteiger partial charge in [-0.05, 0) is 49.2 Å². The largest absolute Gasteiger partial charge is 0.392 e. The molecule has 2 rings (SSSR count). The molecule has 0 aromatic rings. The van der Waals surface area contributed by atoms with Gasteiger partial charge in [-0.25, -0.2) is 0 Å². The lowest BCUT2D eigenvalue weighted by Gasteiger charge is -2.40. The molecule has 3 atom stereocenters. The molecule has 2 N–H and O–H groups in total. The van der Waals surface area contributed by atoms with Gasteiger partial charge in [-0.3, -0.25) is 0 Å². The molecule has 0 aliphatic heterocycles. The van der Waals surface area contributed by atoms with Gasteiger partial charge in [0.15, 0.2) is 0 Å². The first-order chi connectivity index (χ1) is 8.04. The van der Waals surface area contributed by atoms with E-state index in [1.165, 1.54) is 17.6 Å². The van der Waals surface area contributed by atoms with Crippen LogP contribution in [0.5, 0.6) is 0 Å². The quantitative estimate of drug-likeness (QED) is 0.724. The molecule has 0 aromatic carbocycles. The predicted molar refractivity (Wildman–Crippen MR) is 69.5 cm³/mol. The lowest BCUT2D eigenvalue weighted by Crippen LogP contribution is -2.32. The molecule has 0 amide bonds. The minimum absolute atomic E-state index is 0.163. The summed E-state index contributed by atoms with van der Waals surface area (Å²) in [5.41, 5.74) is 3.59. The van der Waals surface area contributed by atoms with Crippen molar-refractivity contribution in [1.29, 1.82) is 0 Å². The zero-order chi connectivity index (χ0) is 12.6. The summed E-state index contributed by atoms with van der Waals surface area (Å²) in [6, 6.07) is 0. The third kappa shape index (κ3) is 2.34. The fraction of sp³-hybridized carbons (Fsp3) is 0.733. The monoisotopic (exact) mass is 236 g/mol. The second kappa shape index (κ2) is 4.95. The Labute approximate surface area is 104 Å². The van der Waals surface area contributed by atoms with E-state index in [1.54, 1.807) is 0 Å². The summed E-state index contributed by atoms with van der Waals surface area (Å²) in [6.07, 6.45) is 4.80. The van der Waals surface area contributed by atoms with E-state index in [0.717, 1.165) is 18.4 Å². The standard InChI is InChI=1S/C15H24O2/c1-9(2)12-5-4-11(8-16)13-7-15(17)10(3)6-14(12)13/h6,9,12,14-17H,4-5,7-8H2,1-3H3/t12-,14-,15+/m0/s1. The molecule has 2 heteroatoms. The summed E-state index contributed by atoms with van der Waals surface area (Å²) < 4.78 is 0. The maximum absolute atomic E-state index is 9.97. The predicted octanol–water partition coefficient (Wildman–Crippen LogP) is 2.67. The van der Waals surface area contributed by atoms with Crippen LogP contribution in [0.4, 0.5) is 0 Å². The molecule has 0 spiro atoms. The lowest BCUT2D eigenvalue weighted by atomic mass is 9.66. The van der Waals surface area contributed by atoms with E-state index in [9.17, 15) is 10.2 Å². The number of hydrogen-bond acceptors (Lipinski definition) is 2. The van der Waals surface area contributed by atoms with Crippen molar-refractivity contribution in [2.24, 2.45) is 17.8 Å². The van der Waals surface area contributed by atoms with E-state index < -0.39 is 0 Å². The van der Waals surface area contributed by atoms with Gasteiger partial charge in [0.2, 0.25) is 0 Å². The molecule has 0 saturated carbocycles. The van der Waals surface area contributed by atoms with Crippen molar-refractivity contribution >= 4 is 0 Å². The number of aliphatic hydroxyl groups excluding tert-OH is 2. The number of fused-ring (bicyclic) bond motifs is 1. The molecule has 2 nitrogen and oxygen atoms in total. The van der Waals surface area contributed by atoms with Crippen molar-refractivity contribution in [2.45, 2.75) is 46.1 Å². The molecular weight excluding hydrogens is 212 g/mol. The van der Waals surface area contributed by atoms with Crippen molar-refractivity contribution < 1.29 is 10.2 Å². The van der Waals surface area contributed by atoms with Gasteiger partial charge in [-0.15, -0.1) is 0 Å². The van der Waals surface area contributed by atoms with Crippen molar-refractivity contribution in [3.05, 3.63) is 22.8 Å². The fourth-order valence-corrected chi connectivity index (χ4v) is 3.37. The van der Waals surface area contributed by atoms with Gasteiger partial charge in [0.05, 0.1) is 12.7 Å². The van der Waals surface area contributed by atoms with Crippen LogP contribution < -0.4 is 0 Å². The Bertz CT molecular complexity index is 352. The fourth-order valence-electron chi connectivity index (χ4n) is 3.37. The lowest BCUT2D eigenvalue weighted by molar-refractivity contribution is 0.179. The Morgan fingerprint density at radius 2 is 2.12 bits per heavy atom. The zero-order valence-corrected chi connectivity index (χ0v) is 11.1. The number of allylic oxidation sites excluding steroid dienone is 1. The summed E-state index contributed by atoms with van der Waals surface area (Å²) in [6.45, 7) is 6.74. The molecule has 0 bridgehead atoms. The molecule has 2 aliphatic rings. The van der Waals surface area contributed by atoms with Crippen LogP contribution in [-0.4, -0.2) is 22.9 Å². The van der Waals surface area contributed by atoms with E-state index in [1.807, 2.05) is 6.92 Å². The van der Waals surface area contributed by atoms with Crippen molar-refractivity contribution in [2.75, 3.05) is 6.61 Å². The van der Waals surface area contributed by atoms with Crippen LogP contribution in [-0.2, 0) is 0 Å². The van der Waals surface area contributed by atoms with Crippen molar-refractivity contribution in [1.82, 2.24) is 0 Å². The first-order valence-corrected chi connectivity index (χ1v) is 6.72. The Kier molecular flexibility index (Phi) is 3.74. The van der Waals surface area contributed by atoms with Gasteiger partial charge in [0.1, 0.15) is 0 Å². The first-order valence-electron chi connectivity index (χ1n) is 6.72. The molecule has 96 valence electrons. The Hall–Kier alpha value is -0.600. The highest BCUT2D eigenvalue weighted by Gasteiger charge is 2.35. The number of rotatable bonds is 2. The van der Waals surface area contributed by atoms with Gasteiger partial charge >= 0.3 is 0 Å². The molecular formula is C15H24O2. The van der Waals surface area contributed by atoms with Crippen LogP contribution in [0.3, 0.4) is 0 Å². The molecule has 17 heavy (non-hydrogen) atoms. The summed E-state index contributed by atoms with van der Waals surface area (Å²) in [5, 5.41) is 19.4. The third-order valence-corrected chi connectivity index (χ3v) is 4.53. The van der Waals surface area contributed by atoms with Gasteiger partial charge in [0.25, 0.3) is 0 Å². The van der Waals surface area contributed by atoms with E-state index in [4.69, 9.17) is 0 Å². The summed E-state index contributed by atoms with van der Waals surface area (Å²) in [4.78, 5) is 0.